The summed E-state index contributed by atoms with van der Waals surface area (Å²) < 4.78 is 13.1. The van der Waals surface area contributed by atoms with Crippen LogP contribution in [0.15, 0.2) is 73.1 Å². The highest BCUT2D eigenvalue weighted by Crippen LogP contribution is 2.37. The number of ether oxygens (including phenoxy) is 2. The van der Waals surface area contributed by atoms with Gasteiger partial charge in [0, 0.05) is 67.4 Å². The van der Waals surface area contributed by atoms with Crippen molar-refractivity contribution in [1.29, 1.82) is 0 Å². The van der Waals surface area contributed by atoms with Crippen molar-refractivity contribution >= 4 is 16.8 Å². The third-order valence-corrected chi connectivity index (χ3v) is 5.90. The summed E-state index contributed by atoms with van der Waals surface area (Å²) in [6, 6.07) is 19.9. The number of rotatable bonds is 9. The van der Waals surface area contributed by atoms with Gasteiger partial charge in [-0.05, 0) is 41.5 Å². The topological polar surface area (TPSA) is 65.4 Å². The summed E-state index contributed by atoms with van der Waals surface area (Å²) in [5.74, 6) is 1.23. The van der Waals surface area contributed by atoms with Crippen molar-refractivity contribution in [1.82, 2.24) is 14.9 Å². The van der Waals surface area contributed by atoms with Crippen LogP contribution in [0.4, 0.5) is 0 Å². The van der Waals surface area contributed by atoms with E-state index in [4.69, 9.17) is 9.47 Å². The number of pyridine rings is 1. The summed E-state index contributed by atoms with van der Waals surface area (Å²) in [6.45, 7) is 0.541. The number of methoxy groups -OCH3 is 2. The standard InChI is InChI=1S/C27H29N3O3/c1-30-18-25(23-9-4-5-10-26(23)30)24(19-14-21(32-2)16-22(15-19)33-3)17-27(31)29-13-11-20-8-6-7-12-28-20/h4-10,12,14-16,18,24H,11,13,17H2,1-3H3,(H,29,31). The van der Waals surface area contributed by atoms with Crippen LogP contribution in [0.1, 0.15) is 29.2 Å². The summed E-state index contributed by atoms with van der Waals surface area (Å²) in [7, 11) is 5.30. The van der Waals surface area contributed by atoms with Crippen molar-refractivity contribution in [2.75, 3.05) is 20.8 Å². The lowest BCUT2D eigenvalue weighted by molar-refractivity contribution is -0.121. The molecule has 0 aliphatic carbocycles. The molecule has 0 spiro atoms. The van der Waals surface area contributed by atoms with Gasteiger partial charge in [0.15, 0.2) is 0 Å². The van der Waals surface area contributed by atoms with Gasteiger partial charge in [-0.1, -0.05) is 24.3 Å². The Morgan fingerprint density at radius 3 is 2.45 bits per heavy atom. The maximum atomic E-state index is 13.0. The lowest BCUT2D eigenvalue weighted by Gasteiger charge is -2.19. The number of benzene rings is 2. The fourth-order valence-electron chi connectivity index (χ4n) is 4.22. The zero-order valence-electron chi connectivity index (χ0n) is 19.2. The van der Waals surface area contributed by atoms with Gasteiger partial charge in [-0.15, -0.1) is 0 Å². The molecule has 2 aromatic heterocycles. The summed E-state index contributed by atoms with van der Waals surface area (Å²) in [5, 5.41) is 4.20. The van der Waals surface area contributed by atoms with E-state index in [1.165, 1.54) is 0 Å². The van der Waals surface area contributed by atoms with Gasteiger partial charge >= 0.3 is 0 Å². The van der Waals surface area contributed by atoms with Crippen molar-refractivity contribution in [3.63, 3.8) is 0 Å². The number of carbonyl (C=O) groups excluding carboxylic acids is 1. The molecule has 0 bridgehead atoms. The number of amides is 1. The average Bonchev–Trinajstić information content (AvgIpc) is 3.19. The Bertz CT molecular complexity index is 1210. The Hall–Kier alpha value is -3.80. The van der Waals surface area contributed by atoms with Crippen LogP contribution in [0.5, 0.6) is 11.5 Å². The van der Waals surface area contributed by atoms with Gasteiger partial charge in [0.1, 0.15) is 11.5 Å². The van der Waals surface area contributed by atoms with Crippen molar-refractivity contribution in [2.24, 2.45) is 7.05 Å². The molecule has 1 unspecified atom stereocenters. The van der Waals surface area contributed by atoms with Crippen LogP contribution in [-0.2, 0) is 18.3 Å². The third-order valence-electron chi connectivity index (χ3n) is 5.90. The maximum absolute atomic E-state index is 13.0. The number of nitrogens with zero attached hydrogens (tertiary/aromatic N) is 2. The second-order valence-electron chi connectivity index (χ2n) is 8.04. The number of fused-ring (bicyclic) bond motifs is 1. The summed E-state index contributed by atoms with van der Waals surface area (Å²) in [4.78, 5) is 17.4. The van der Waals surface area contributed by atoms with Crippen LogP contribution < -0.4 is 14.8 Å². The van der Waals surface area contributed by atoms with Crippen molar-refractivity contribution in [3.05, 3.63) is 89.9 Å². The van der Waals surface area contributed by atoms with E-state index in [1.54, 1.807) is 20.4 Å². The van der Waals surface area contributed by atoms with E-state index in [0.29, 0.717) is 30.9 Å². The van der Waals surface area contributed by atoms with Gasteiger partial charge < -0.3 is 19.4 Å². The van der Waals surface area contributed by atoms with E-state index in [0.717, 1.165) is 27.7 Å². The molecule has 1 amide bonds. The van der Waals surface area contributed by atoms with Gasteiger partial charge in [0.05, 0.1) is 14.2 Å². The van der Waals surface area contributed by atoms with E-state index in [1.807, 2.05) is 55.6 Å². The molecule has 1 atom stereocenters. The van der Waals surface area contributed by atoms with E-state index >= 15 is 0 Å². The predicted octanol–water partition coefficient (Wildman–Crippen LogP) is 4.47. The Morgan fingerprint density at radius 2 is 1.76 bits per heavy atom. The van der Waals surface area contributed by atoms with Crippen LogP contribution in [0.2, 0.25) is 0 Å². The molecule has 6 nitrogen and oxygen atoms in total. The fraction of sp³-hybridized carbons (Fsp3) is 0.259. The maximum Gasteiger partial charge on any atom is 0.220 e. The number of nitrogens with one attached hydrogen (secondary N) is 1. The van der Waals surface area contributed by atoms with Gasteiger partial charge in [0.2, 0.25) is 5.91 Å². The number of para-hydroxylation sites is 1. The molecule has 0 radical (unpaired) electrons. The van der Waals surface area contributed by atoms with Crippen LogP contribution in [0, 0.1) is 0 Å². The molecular weight excluding hydrogens is 414 g/mol. The number of carbonyl (C=O) groups is 1. The zero-order valence-corrected chi connectivity index (χ0v) is 19.2. The molecule has 0 saturated heterocycles. The van der Waals surface area contributed by atoms with E-state index in [9.17, 15) is 4.79 Å². The lowest BCUT2D eigenvalue weighted by atomic mass is 9.87. The summed E-state index contributed by atoms with van der Waals surface area (Å²) >= 11 is 0. The van der Waals surface area contributed by atoms with Crippen molar-refractivity contribution in [3.8, 4) is 11.5 Å². The highest BCUT2D eigenvalue weighted by Gasteiger charge is 2.23. The fourth-order valence-corrected chi connectivity index (χ4v) is 4.22. The number of aromatic nitrogens is 2. The van der Waals surface area contributed by atoms with Gasteiger partial charge in [-0.2, -0.15) is 0 Å². The first-order valence-corrected chi connectivity index (χ1v) is 11.0. The smallest absolute Gasteiger partial charge is 0.220 e. The van der Waals surface area contributed by atoms with Gasteiger partial charge in [-0.3, -0.25) is 9.78 Å². The van der Waals surface area contributed by atoms with E-state index in [-0.39, 0.29) is 11.8 Å². The minimum Gasteiger partial charge on any atom is -0.497 e. The normalized spacial score (nSPS) is 11.8. The Balaban J connectivity index is 1.64. The van der Waals surface area contributed by atoms with Crippen LogP contribution in [0.25, 0.3) is 10.9 Å². The molecule has 2 heterocycles. The Kier molecular flexibility index (Phi) is 6.93. The highest BCUT2D eigenvalue weighted by atomic mass is 16.5. The molecular formula is C27H29N3O3. The predicted molar refractivity (Wildman–Crippen MR) is 130 cm³/mol. The zero-order chi connectivity index (χ0) is 23.2. The molecule has 4 rings (SSSR count). The van der Waals surface area contributed by atoms with Gasteiger partial charge in [0.25, 0.3) is 0 Å². The second kappa shape index (κ2) is 10.2. The Morgan fingerprint density at radius 1 is 1.03 bits per heavy atom. The minimum atomic E-state index is -0.157. The second-order valence-corrected chi connectivity index (χ2v) is 8.04. The number of hydrogen-bond acceptors (Lipinski definition) is 4. The molecule has 0 aliphatic heterocycles. The molecule has 170 valence electrons. The Labute approximate surface area is 194 Å². The molecule has 0 aliphatic rings. The first kappa shape index (κ1) is 22.4. The molecule has 33 heavy (non-hydrogen) atoms. The van der Waals surface area contributed by atoms with Crippen LogP contribution >= 0.6 is 0 Å². The molecule has 2 aromatic carbocycles. The van der Waals surface area contributed by atoms with Crippen LogP contribution in [0.3, 0.4) is 0 Å². The van der Waals surface area contributed by atoms with E-state index in [2.05, 4.69) is 33.2 Å². The first-order chi connectivity index (χ1) is 16.1. The third kappa shape index (κ3) is 5.17. The first-order valence-electron chi connectivity index (χ1n) is 11.0. The molecule has 0 saturated carbocycles. The average molecular weight is 444 g/mol. The molecule has 0 fully saturated rings. The summed E-state index contributed by atoms with van der Waals surface area (Å²) in [6.07, 6.45) is 4.89. The SMILES string of the molecule is COc1cc(OC)cc(C(CC(=O)NCCc2ccccn2)c2cn(C)c3ccccc23)c1. The van der Waals surface area contributed by atoms with Crippen LogP contribution in [-0.4, -0.2) is 36.2 Å². The molecule has 4 aromatic rings. The lowest BCUT2D eigenvalue weighted by Crippen LogP contribution is -2.27. The van der Waals surface area contributed by atoms with Crippen molar-refractivity contribution < 1.29 is 14.3 Å². The minimum absolute atomic E-state index is 0.00866. The van der Waals surface area contributed by atoms with E-state index < -0.39 is 0 Å². The molecule has 6 heteroatoms. The number of aryl methyl sites for hydroxylation is 1. The quantitative estimate of drug-likeness (QED) is 0.415. The number of hydrogen-bond donors (Lipinski definition) is 1. The highest BCUT2D eigenvalue weighted by molar-refractivity contribution is 5.86. The monoisotopic (exact) mass is 443 g/mol. The largest absolute Gasteiger partial charge is 0.497 e. The molecule has 1 N–H and O–H groups in total. The van der Waals surface area contributed by atoms with Gasteiger partial charge in [-0.25, -0.2) is 0 Å². The summed E-state index contributed by atoms with van der Waals surface area (Å²) in [5.41, 5.74) is 4.16. The van der Waals surface area contributed by atoms with Crippen molar-refractivity contribution in [2.45, 2.75) is 18.8 Å².